The summed E-state index contributed by atoms with van der Waals surface area (Å²) in [4.78, 5) is 11.2. The van der Waals surface area contributed by atoms with Gasteiger partial charge in [-0.15, -0.1) is 0 Å². The van der Waals surface area contributed by atoms with Crippen molar-refractivity contribution in [1.29, 1.82) is 0 Å². The first-order chi connectivity index (χ1) is 8.09. The summed E-state index contributed by atoms with van der Waals surface area (Å²) in [5.74, 6) is -0.606. The molecule has 4 nitrogen and oxygen atoms in total. The van der Waals surface area contributed by atoms with Crippen molar-refractivity contribution in [3.8, 4) is 0 Å². The van der Waals surface area contributed by atoms with Gasteiger partial charge in [0, 0.05) is 17.5 Å². The fraction of sp³-hybridized carbons (Fsp3) is 0.308. The molecular formula is C13H14O4. The SMILES string of the molecule is CCOC1=CCC(O)(C(=O)O)c2ccccc21. The monoisotopic (exact) mass is 234 g/mol. The quantitative estimate of drug-likeness (QED) is 0.836. The first kappa shape index (κ1) is 11.7. The summed E-state index contributed by atoms with van der Waals surface area (Å²) in [5, 5.41) is 19.3. The number of carbonyl (C=O) groups is 1. The van der Waals surface area contributed by atoms with Gasteiger partial charge in [-0.2, -0.15) is 0 Å². The van der Waals surface area contributed by atoms with Gasteiger partial charge in [0.2, 0.25) is 0 Å². The zero-order chi connectivity index (χ0) is 12.5. The molecule has 90 valence electrons. The molecule has 0 heterocycles. The molecule has 0 radical (unpaired) electrons. The van der Waals surface area contributed by atoms with Gasteiger partial charge in [-0.05, 0) is 13.0 Å². The fourth-order valence-electron chi connectivity index (χ4n) is 2.01. The molecule has 17 heavy (non-hydrogen) atoms. The second kappa shape index (κ2) is 4.22. The third kappa shape index (κ3) is 1.80. The second-order valence-electron chi connectivity index (χ2n) is 3.92. The zero-order valence-electron chi connectivity index (χ0n) is 9.51. The van der Waals surface area contributed by atoms with Crippen molar-refractivity contribution in [2.75, 3.05) is 6.61 Å². The molecule has 2 rings (SSSR count). The summed E-state index contributed by atoms with van der Waals surface area (Å²) in [6.07, 6.45) is 1.65. The Morgan fingerprint density at radius 2 is 2.18 bits per heavy atom. The van der Waals surface area contributed by atoms with Crippen LogP contribution in [0.5, 0.6) is 0 Å². The van der Waals surface area contributed by atoms with Gasteiger partial charge in [-0.1, -0.05) is 24.3 Å². The number of carboxylic acids is 1. The molecule has 0 aromatic heterocycles. The maximum atomic E-state index is 11.2. The average molecular weight is 234 g/mol. The molecule has 1 aromatic carbocycles. The normalized spacial score (nSPS) is 22.6. The Bertz CT molecular complexity index is 478. The van der Waals surface area contributed by atoms with E-state index in [2.05, 4.69) is 0 Å². The lowest BCUT2D eigenvalue weighted by Crippen LogP contribution is -2.37. The van der Waals surface area contributed by atoms with Crippen LogP contribution in [0.2, 0.25) is 0 Å². The van der Waals surface area contributed by atoms with Gasteiger partial charge in [0.1, 0.15) is 5.76 Å². The predicted octanol–water partition coefficient (Wildman–Crippen LogP) is 1.74. The van der Waals surface area contributed by atoms with Gasteiger partial charge in [-0.25, -0.2) is 4.79 Å². The van der Waals surface area contributed by atoms with Crippen LogP contribution >= 0.6 is 0 Å². The predicted molar refractivity (Wildman–Crippen MR) is 62.2 cm³/mol. The standard InChI is InChI=1S/C13H14O4/c1-2-17-11-7-8-13(16,12(14)15)10-6-4-3-5-9(10)11/h3-7,16H,2,8H2,1H3,(H,14,15). The Hall–Kier alpha value is -1.81. The molecule has 0 saturated carbocycles. The number of hydrogen-bond acceptors (Lipinski definition) is 3. The summed E-state index contributed by atoms with van der Waals surface area (Å²) in [6.45, 7) is 2.37. The fourth-order valence-corrected chi connectivity index (χ4v) is 2.01. The maximum Gasteiger partial charge on any atom is 0.340 e. The third-order valence-corrected chi connectivity index (χ3v) is 2.87. The molecule has 0 amide bonds. The van der Waals surface area contributed by atoms with E-state index in [0.29, 0.717) is 23.5 Å². The van der Waals surface area contributed by atoms with E-state index in [-0.39, 0.29) is 6.42 Å². The van der Waals surface area contributed by atoms with Crippen molar-refractivity contribution in [2.24, 2.45) is 0 Å². The number of rotatable bonds is 3. The minimum atomic E-state index is -1.85. The summed E-state index contributed by atoms with van der Waals surface area (Å²) < 4.78 is 5.44. The Kier molecular flexibility index (Phi) is 2.90. The molecule has 1 aliphatic carbocycles. The number of fused-ring (bicyclic) bond motifs is 1. The number of aliphatic carboxylic acids is 1. The lowest BCUT2D eigenvalue weighted by atomic mass is 9.82. The number of benzene rings is 1. The first-order valence-corrected chi connectivity index (χ1v) is 5.48. The molecule has 0 aliphatic heterocycles. The lowest BCUT2D eigenvalue weighted by Gasteiger charge is -2.29. The second-order valence-corrected chi connectivity index (χ2v) is 3.92. The molecule has 1 aromatic rings. The Morgan fingerprint density at radius 1 is 1.47 bits per heavy atom. The molecule has 0 fully saturated rings. The van der Waals surface area contributed by atoms with Gasteiger partial charge in [0.25, 0.3) is 0 Å². The van der Waals surface area contributed by atoms with E-state index in [1.165, 1.54) is 0 Å². The van der Waals surface area contributed by atoms with Crippen LogP contribution in [0, 0.1) is 0 Å². The van der Waals surface area contributed by atoms with Crippen molar-refractivity contribution in [1.82, 2.24) is 0 Å². The Labute approximate surface area is 99.2 Å². The van der Waals surface area contributed by atoms with Crippen LogP contribution < -0.4 is 0 Å². The summed E-state index contributed by atoms with van der Waals surface area (Å²) in [5.41, 5.74) is -0.819. The topological polar surface area (TPSA) is 66.8 Å². The highest BCUT2D eigenvalue weighted by atomic mass is 16.5. The minimum absolute atomic E-state index is 0.0225. The number of carboxylic acid groups (broad SMARTS) is 1. The van der Waals surface area contributed by atoms with E-state index in [9.17, 15) is 9.90 Å². The Balaban J connectivity index is 2.54. The third-order valence-electron chi connectivity index (χ3n) is 2.87. The van der Waals surface area contributed by atoms with Crippen LogP contribution in [-0.2, 0) is 15.1 Å². The van der Waals surface area contributed by atoms with E-state index < -0.39 is 11.6 Å². The van der Waals surface area contributed by atoms with Gasteiger partial charge >= 0.3 is 5.97 Å². The van der Waals surface area contributed by atoms with Crippen LogP contribution in [0.4, 0.5) is 0 Å². The van der Waals surface area contributed by atoms with E-state index >= 15 is 0 Å². The van der Waals surface area contributed by atoms with Crippen LogP contribution in [0.1, 0.15) is 24.5 Å². The van der Waals surface area contributed by atoms with Gasteiger partial charge in [0.05, 0.1) is 6.61 Å². The average Bonchev–Trinajstić information content (AvgIpc) is 2.33. The maximum absolute atomic E-state index is 11.2. The van der Waals surface area contributed by atoms with Crippen molar-refractivity contribution in [3.63, 3.8) is 0 Å². The van der Waals surface area contributed by atoms with Crippen molar-refractivity contribution >= 4 is 11.7 Å². The number of ether oxygens (including phenoxy) is 1. The number of aliphatic hydroxyl groups is 1. The smallest absolute Gasteiger partial charge is 0.340 e. The summed E-state index contributed by atoms with van der Waals surface area (Å²) in [6, 6.07) is 6.88. The van der Waals surface area contributed by atoms with Crippen molar-refractivity contribution in [2.45, 2.75) is 18.9 Å². The molecule has 0 saturated heterocycles. The largest absolute Gasteiger partial charge is 0.494 e. The molecule has 1 unspecified atom stereocenters. The molecule has 0 bridgehead atoms. The van der Waals surface area contributed by atoms with Crippen molar-refractivity contribution < 1.29 is 19.7 Å². The highest BCUT2D eigenvalue weighted by Gasteiger charge is 2.42. The summed E-state index contributed by atoms with van der Waals surface area (Å²) in [7, 11) is 0. The van der Waals surface area contributed by atoms with E-state index in [1.54, 1.807) is 30.3 Å². The zero-order valence-corrected chi connectivity index (χ0v) is 9.51. The van der Waals surface area contributed by atoms with Crippen LogP contribution in [0.3, 0.4) is 0 Å². The lowest BCUT2D eigenvalue weighted by molar-refractivity contribution is -0.159. The van der Waals surface area contributed by atoms with E-state index in [1.807, 2.05) is 6.92 Å². The molecule has 0 spiro atoms. The van der Waals surface area contributed by atoms with Crippen LogP contribution in [0.25, 0.3) is 5.76 Å². The minimum Gasteiger partial charge on any atom is -0.494 e. The highest BCUT2D eigenvalue weighted by Crippen LogP contribution is 2.37. The van der Waals surface area contributed by atoms with Crippen LogP contribution in [-0.4, -0.2) is 22.8 Å². The molecular weight excluding hydrogens is 220 g/mol. The van der Waals surface area contributed by atoms with Gasteiger partial charge in [0.15, 0.2) is 5.60 Å². The molecule has 1 aliphatic rings. The van der Waals surface area contributed by atoms with E-state index in [0.717, 1.165) is 0 Å². The van der Waals surface area contributed by atoms with Crippen LogP contribution in [0.15, 0.2) is 30.3 Å². The molecule has 2 N–H and O–H groups in total. The number of hydrogen-bond donors (Lipinski definition) is 2. The molecule has 4 heteroatoms. The van der Waals surface area contributed by atoms with Gasteiger partial charge in [-0.3, -0.25) is 0 Å². The van der Waals surface area contributed by atoms with E-state index in [4.69, 9.17) is 9.84 Å². The van der Waals surface area contributed by atoms with Crippen molar-refractivity contribution in [3.05, 3.63) is 41.5 Å². The van der Waals surface area contributed by atoms with Gasteiger partial charge < -0.3 is 14.9 Å². The molecule has 1 atom stereocenters. The Morgan fingerprint density at radius 3 is 2.82 bits per heavy atom. The highest BCUT2D eigenvalue weighted by molar-refractivity contribution is 5.84. The summed E-state index contributed by atoms with van der Waals surface area (Å²) >= 11 is 0. The first-order valence-electron chi connectivity index (χ1n) is 5.48.